The summed E-state index contributed by atoms with van der Waals surface area (Å²) in [4.78, 5) is 4.04. The van der Waals surface area contributed by atoms with Gasteiger partial charge >= 0.3 is 0 Å². The minimum atomic E-state index is 0. The zero-order valence-corrected chi connectivity index (χ0v) is 12.6. The number of halogens is 4. The highest BCUT2D eigenvalue weighted by Crippen LogP contribution is 2.17. The number of hydrogen-bond donors (Lipinski definition) is 1. The Morgan fingerprint density at radius 3 is 2.33 bits per heavy atom. The van der Waals surface area contributed by atoms with Crippen molar-refractivity contribution in [3.8, 4) is 0 Å². The van der Waals surface area contributed by atoms with Crippen LogP contribution in [0.25, 0.3) is 0 Å². The van der Waals surface area contributed by atoms with Crippen LogP contribution in [0.15, 0.2) is 21.3 Å². The molecule has 6 heteroatoms. The molecule has 0 fully saturated rings. The maximum absolute atomic E-state index is 5.43. The molecule has 12 heavy (non-hydrogen) atoms. The van der Waals surface area contributed by atoms with Crippen molar-refractivity contribution in [3.63, 3.8) is 0 Å². The first-order chi connectivity index (χ1) is 4.74. The summed E-state index contributed by atoms with van der Waals surface area (Å²) in [5.41, 5.74) is 6.44. The van der Waals surface area contributed by atoms with E-state index in [1.165, 1.54) is 0 Å². The van der Waals surface area contributed by atoms with Crippen molar-refractivity contribution in [1.82, 2.24) is 4.98 Å². The van der Waals surface area contributed by atoms with E-state index in [1.807, 2.05) is 6.07 Å². The van der Waals surface area contributed by atoms with E-state index >= 15 is 0 Å². The lowest BCUT2D eigenvalue weighted by molar-refractivity contribution is 1.02. The van der Waals surface area contributed by atoms with E-state index < -0.39 is 0 Å². The van der Waals surface area contributed by atoms with Gasteiger partial charge in [0, 0.05) is 17.2 Å². The molecule has 0 unspecified atom stereocenters. The summed E-state index contributed by atoms with van der Waals surface area (Å²) in [7, 11) is 0. The zero-order chi connectivity index (χ0) is 7.56. The summed E-state index contributed by atoms with van der Waals surface area (Å²) in [6.45, 7) is 0.507. The lowest BCUT2D eigenvalue weighted by atomic mass is 10.3. The van der Waals surface area contributed by atoms with Crippen LogP contribution < -0.4 is 5.73 Å². The fourth-order valence-corrected chi connectivity index (χ4v) is 1.37. The van der Waals surface area contributed by atoms with Gasteiger partial charge < -0.3 is 5.73 Å². The molecule has 0 aliphatic carbocycles. The third-order valence-corrected chi connectivity index (χ3v) is 2.25. The lowest BCUT2D eigenvalue weighted by Crippen LogP contribution is -1.98. The zero-order valence-electron chi connectivity index (χ0n) is 5.96. The van der Waals surface area contributed by atoms with Crippen LogP contribution in [-0.4, -0.2) is 4.98 Å². The molecule has 2 nitrogen and oxygen atoms in total. The average Bonchev–Trinajstić information content (AvgIpc) is 1.94. The van der Waals surface area contributed by atoms with Crippen molar-refractivity contribution in [2.75, 3.05) is 0 Å². The fourth-order valence-electron chi connectivity index (χ4n) is 0.608. The summed E-state index contributed by atoms with van der Waals surface area (Å²) in [6, 6.07) is 1.94. The molecule has 0 aliphatic heterocycles. The number of nitrogens with zero attached hydrogens (tertiary/aromatic N) is 1. The third-order valence-electron chi connectivity index (χ3n) is 1.10. The molecule has 0 amide bonds. The molecule has 1 aromatic rings. The highest BCUT2D eigenvalue weighted by Gasteiger charge is 1.97. The van der Waals surface area contributed by atoms with Gasteiger partial charge in [0.1, 0.15) is 4.60 Å². The van der Waals surface area contributed by atoms with Crippen molar-refractivity contribution in [1.29, 1.82) is 0 Å². The highest BCUT2D eigenvalue weighted by molar-refractivity contribution is 9.11. The Balaban J connectivity index is 0. The minimum Gasteiger partial charge on any atom is -0.326 e. The largest absolute Gasteiger partial charge is 0.326 e. The monoisotopic (exact) mass is 424 g/mol. The SMILES string of the molecule is Br.Br.NCc1cc(Br)cnc1Br. The smallest absolute Gasteiger partial charge is 0.110 e. The van der Waals surface area contributed by atoms with E-state index in [-0.39, 0.29) is 34.0 Å². The molecule has 0 saturated carbocycles. The molecule has 0 aliphatic rings. The predicted molar refractivity (Wildman–Crippen MR) is 68.2 cm³/mol. The molecule has 0 spiro atoms. The number of rotatable bonds is 1. The first-order valence-electron chi connectivity index (χ1n) is 2.74. The Hall–Kier alpha value is 1.03. The Morgan fingerprint density at radius 2 is 1.92 bits per heavy atom. The number of nitrogens with two attached hydrogens (primary N) is 1. The number of aromatic nitrogens is 1. The second-order valence-electron chi connectivity index (χ2n) is 1.81. The third kappa shape index (κ3) is 4.32. The highest BCUT2D eigenvalue weighted by atomic mass is 79.9. The van der Waals surface area contributed by atoms with Crippen LogP contribution in [0.5, 0.6) is 0 Å². The van der Waals surface area contributed by atoms with Gasteiger partial charge in [0.05, 0.1) is 0 Å². The molecule has 0 bridgehead atoms. The molecule has 0 radical (unpaired) electrons. The van der Waals surface area contributed by atoms with Gasteiger partial charge in [-0.25, -0.2) is 4.98 Å². The predicted octanol–water partition coefficient (Wildman–Crippen LogP) is 3.22. The first kappa shape index (κ1) is 15.5. The van der Waals surface area contributed by atoms with Gasteiger partial charge in [-0.2, -0.15) is 0 Å². The van der Waals surface area contributed by atoms with Crippen molar-refractivity contribution in [3.05, 3.63) is 26.9 Å². The van der Waals surface area contributed by atoms with Crippen LogP contribution in [-0.2, 0) is 6.54 Å². The van der Waals surface area contributed by atoms with Gasteiger partial charge in [0.25, 0.3) is 0 Å². The maximum Gasteiger partial charge on any atom is 0.110 e. The fraction of sp³-hybridized carbons (Fsp3) is 0.167. The van der Waals surface area contributed by atoms with Gasteiger partial charge in [0.2, 0.25) is 0 Å². The topological polar surface area (TPSA) is 38.9 Å². The summed E-state index contributed by atoms with van der Waals surface area (Å²) in [5.74, 6) is 0. The molecule has 0 aromatic carbocycles. The lowest BCUT2D eigenvalue weighted by Gasteiger charge is -1.98. The molecular weight excluding hydrogens is 420 g/mol. The number of hydrogen-bond acceptors (Lipinski definition) is 2. The second-order valence-corrected chi connectivity index (χ2v) is 3.47. The molecule has 0 saturated heterocycles. The van der Waals surface area contributed by atoms with Gasteiger partial charge in [-0.05, 0) is 43.5 Å². The normalized spacial score (nSPS) is 8.25. The van der Waals surface area contributed by atoms with E-state index in [0.29, 0.717) is 6.54 Å². The first-order valence-corrected chi connectivity index (χ1v) is 4.32. The maximum atomic E-state index is 5.43. The quantitative estimate of drug-likeness (QED) is 0.699. The molecule has 1 aromatic heterocycles. The van der Waals surface area contributed by atoms with E-state index in [2.05, 4.69) is 36.8 Å². The van der Waals surface area contributed by atoms with Crippen LogP contribution in [0.3, 0.4) is 0 Å². The van der Waals surface area contributed by atoms with Crippen LogP contribution in [0.2, 0.25) is 0 Å². The Kier molecular flexibility index (Phi) is 9.60. The van der Waals surface area contributed by atoms with E-state index in [9.17, 15) is 0 Å². The Bertz CT molecular complexity index is 241. The van der Waals surface area contributed by atoms with Gasteiger partial charge in [-0.3, -0.25) is 0 Å². The molecule has 0 atom stereocenters. The second kappa shape index (κ2) is 7.44. The van der Waals surface area contributed by atoms with Gasteiger partial charge in [-0.1, -0.05) is 0 Å². The summed E-state index contributed by atoms with van der Waals surface area (Å²) in [5, 5.41) is 0. The number of pyridine rings is 1. The minimum absolute atomic E-state index is 0. The summed E-state index contributed by atoms with van der Waals surface area (Å²) in [6.07, 6.45) is 1.73. The van der Waals surface area contributed by atoms with Crippen molar-refractivity contribution in [2.24, 2.45) is 5.73 Å². The van der Waals surface area contributed by atoms with E-state index in [4.69, 9.17) is 5.73 Å². The van der Waals surface area contributed by atoms with E-state index in [0.717, 1.165) is 14.6 Å². The van der Waals surface area contributed by atoms with Gasteiger partial charge in [-0.15, -0.1) is 34.0 Å². The summed E-state index contributed by atoms with van der Waals surface area (Å²) >= 11 is 6.58. The van der Waals surface area contributed by atoms with Crippen LogP contribution in [0.4, 0.5) is 0 Å². The summed E-state index contributed by atoms with van der Waals surface area (Å²) < 4.78 is 1.77. The molecule has 1 rings (SSSR count). The van der Waals surface area contributed by atoms with Crippen LogP contribution >= 0.6 is 65.8 Å². The molecule has 1 heterocycles. The Morgan fingerprint density at radius 1 is 1.33 bits per heavy atom. The van der Waals surface area contributed by atoms with Crippen LogP contribution in [0, 0.1) is 0 Å². The average molecular weight is 428 g/mol. The van der Waals surface area contributed by atoms with Crippen molar-refractivity contribution in [2.45, 2.75) is 6.54 Å². The molecule has 70 valence electrons. The Labute approximate surface area is 109 Å². The molecular formula is C6H8Br4N2. The van der Waals surface area contributed by atoms with Gasteiger partial charge in [0.15, 0.2) is 0 Å². The van der Waals surface area contributed by atoms with E-state index in [1.54, 1.807) is 6.20 Å². The van der Waals surface area contributed by atoms with Crippen molar-refractivity contribution >= 4 is 65.8 Å². The standard InChI is InChI=1S/C6H6Br2N2.2BrH/c7-5-1-4(2-9)6(8)10-3-5;;/h1,3H,2,9H2;2*1H. The van der Waals surface area contributed by atoms with Crippen LogP contribution in [0.1, 0.15) is 5.56 Å². The molecule has 2 N–H and O–H groups in total. The van der Waals surface area contributed by atoms with Crippen molar-refractivity contribution < 1.29 is 0 Å².